The molecule has 0 amide bonds. The van der Waals surface area contributed by atoms with Crippen LogP contribution in [-0.2, 0) is 4.79 Å². The average molecular weight is 498 g/mol. The molecule has 5 nitrogen and oxygen atoms in total. The molecule has 0 saturated heterocycles. The number of aryl methyl sites for hydroxylation is 2. The number of hydrogen-bond acceptors (Lipinski definition) is 5. The maximum atomic E-state index is 14.5. The number of benzene rings is 3. The minimum absolute atomic E-state index is 0.0192. The summed E-state index contributed by atoms with van der Waals surface area (Å²) < 4.78 is 49.1. The summed E-state index contributed by atoms with van der Waals surface area (Å²) in [7, 11) is 0. The highest BCUT2D eigenvalue weighted by Crippen LogP contribution is 2.43. The Morgan fingerprint density at radius 1 is 0.971 bits per heavy atom. The summed E-state index contributed by atoms with van der Waals surface area (Å²) in [6, 6.07) is 8.52. The highest BCUT2D eigenvalue weighted by molar-refractivity contribution is 7.21. The number of phenolic OH excluding ortho intramolecular Hbond substituents is 1. The van der Waals surface area contributed by atoms with Crippen molar-refractivity contribution >= 4 is 39.3 Å². The van der Waals surface area contributed by atoms with E-state index in [4.69, 9.17) is 9.84 Å². The molecule has 9 heteroatoms. The second-order valence-corrected chi connectivity index (χ2v) is 8.81. The van der Waals surface area contributed by atoms with E-state index in [9.17, 15) is 27.9 Å². The molecule has 0 atom stereocenters. The van der Waals surface area contributed by atoms with Gasteiger partial charge in [0.1, 0.15) is 33.8 Å². The van der Waals surface area contributed by atoms with Crippen LogP contribution in [0.15, 0.2) is 48.5 Å². The molecule has 1 aromatic heterocycles. The molecule has 3 aromatic carbocycles. The molecule has 0 unspecified atom stereocenters. The maximum Gasteiger partial charge on any atom is 0.328 e. The van der Waals surface area contributed by atoms with E-state index in [1.165, 1.54) is 30.3 Å². The van der Waals surface area contributed by atoms with Gasteiger partial charge >= 0.3 is 5.97 Å². The SMILES string of the molecule is Cc1cc(F)cc(C)c1C(=O)c1sc2cc(O)ccc2c1Oc1cc(F)c(/C=C/C(=O)O)c(F)c1. The van der Waals surface area contributed by atoms with Gasteiger partial charge in [-0.25, -0.2) is 18.0 Å². The van der Waals surface area contributed by atoms with E-state index in [0.29, 0.717) is 27.3 Å². The number of rotatable bonds is 6. The second kappa shape index (κ2) is 9.27. The Morgan fingerprint density at radius 2 is 1.60 bits per heavy atom. The number of halogens is 3. The van der Waals surface area contributed by atoms with Crippen LogP contribution in [0.3, 0.4) is 0 Å². The van der Waals surface area contributed by atoms with Crippen LogP contribution in [0.5, 0.6) is 17.2 Å². The zero-order valence-corrected chi connectivity index (χ0v) is 19.2. The smallest absolute Gasteiger partial charge is 0.328 e. The van der Waals surface area contributed by atoms with Crippen molar-refractivity contribution in [2.24, 2.45) is 0 Å². The molecule has 0 aliphatic heterocycles. The number of carboxylic acid groups (broad SMARTS) is 1. The number of carbonyl (C=O) groups is 2. The van der Waals surface area contributed by atoms with Crippen molar-refractivity contribution < 1.29 is 37.7 Å². The molecule has 0 saturated carbocycles. The summed E-state index contributed by atoms with van der Waals surface area (Å²) >= 11 is 1.01. The zero-order valence-electron chi connectivity index (χ0n) is 18.4. The van der Waals surface area contributed by atoms with Crippen LogP contribution >= 0.6 is 11.3 Å². The highest BCUT2D eigenvalue weighted by atomic mass is 32.1. The molecule has 178 valence electrons. The fourth-order valence-corrected chi connectivity index (χ4v) is 4.86. The van der Waals surface area contributed by atoms with E-state index in [-0.39, 0.29) is 27.7 Å². The monoisotopic (exact) mass is 498 g/mol. The van der Waals surface area contributed by atoms with Gasteiger partial charge in [0.25, 0.3) is 0 Å². The normalized spacial score (nSPS) is 11.3. The minimum Gasteiger partial charge on any atom is -0.508 e. The summed E-state index contributed by atoms with van der Waals surface area (Å²) in [5.74, 6) is -4.75. The molecule has 1 heterocycles. The van der Waals surface area contributed by atoms with E-state index >= 15 is 0 Å². The molecule has 0 spiro atoms. The van der Waals surface area contributed by atoms with Crippen molar-refractivity contribution in [2.45, 2.75) is 13.8 Å². The maximum absolute atomic E-state index is 14.5. The van der Waals surface area contributed by atoms with Crippen LogP contribution in [0.4, 0.5) is 13.2 Å². The number of ether oxygens (including phenoxy) is 1. The van der Waals surface area contributed by atoms with Crippen molar-refractivity contribution in [3.05, 3.63) is 93.1 Å². The van der Waals surface area contributed by atoms with Crippen LogP contribution in [0, 0.1) is 31.3 Å². The van der Waals surface area contributed by atoms with Crippen LogP contribution in [0.2, 0.25) is 0 Å². The summed E-state index contributed by atoms with van der Waals surface area (Å²) in [5, 5.41) is 19.0. The molecule has 4 aromatic rings. The highest BCUT2D eigenvalue weighted by Gasteiger charge is 2.25. The average Bonchev–Trinajstić information content (AvgIpc) is 3.09. The predicted octanol–water partition coefficient (Wildman–Crippen LogP) is 6.76. The Kier molecular flexibility index (Phi) is 6.36. The van der Waals surface area contributed by atoms with Gasteiger partial charge in [-0.15, -0.1) is 11.3 Å². The number of hydrogen-bond donors (Lipinski definition) is 2. The molecule has 0 radical (unpaired) electrons. The van der Waals surface area contributed by atoms with Gasteiger partial charge in [-0.2, -0.15) is 0 Å². The zero-order chi connectivity index (χ0) is 25.4. The fraction of sp³-hybridized carbons (Fsp3) is 0.0769. The van der Waals surface area contributed by atoms with Gasteiger partial charge in [-0.1, -0.05) is 0 Å². The molecular formula is C26H17F3O5S. The van der Waals surface area contributed by atoms with Crippen molar-refractivity contribution in [1.82, 2.24) is 0 Å². The molecule has 0 aliphatic carbocycles. The van der Waals surface area contributed by atoms with Crippen LogP contribution in [0.1, 0.15) is 31.9 Å². The van der Waals surface area contributed by atoms with Gasteiger partial charge < -0.3 is 14.9 Å². The summed E-state index contributed by atoms with van der Waals surface area (Å²) in [4.78, 5) is 24.3. The molecule has 4 rings (SSSR count). The third-order valence-electron chi connectivity index (χ3n) is 5.22. The van der Waals surface area contributed by atoms with Crippen LogP contribution < -0.4 is 4.74 Å². The predicted molar refractivity (Wildman–Crippen MR) is 126 cm³/mol. The molecule has 35 heavy (non-hydrogen) atoms. The number of fused-ring (bicyclic) bond motifs is 1. The summed E-state index contributed by atoms with van der Waals surface area (Å²) in [5.41, 5.74) is 0.517. The summed E-state index contributed by atoms with van der Waals surface area (Å²) in [6.45, 7) is 3.19. The lowest BCUT2D eigenvalue weighted by molar-refractivity contribution is -0.131. The third kappa shape index (κ3) is 4.76. The lowest BCUT2D eigenvalue weighted by atomic mass is 9.97. The quantitative estimate of drug-likeness (QED) is 0.227. The number of ketones is 1. The number of phenols is 1. The summed E-state index contributed by atoms with van der Waals surface area (Å²) in [6.07, 6.45) is 1.39. The lowest BCUT2D eigenvalue weighted by Gasteiger charge is -2.12. The largest absolute Gasteiger partial charge is 0.508 e. The molecule has 0 fully saturated rings. The van der Waals surface area contributed by atoms with Gasteiger partial charge in [0, 0.05) is 39.4 Å². The molecule has 0 aliphatic rings. The molecular weight excluding hydrogens is 481 g/mol. The van der Waals surface area contributed by atoms with Crippen molar-refractivity contribution in [3.8, 4) is 17.2 Å². The van der Waals surface area contributed by atoms with E-state index in [1.807, 2.05) is 0 Å². The number of thiophene rings is 1. The van der Waals surface area contributed by atoms with Gasteiger partial charge in [0.2, 0.25) is 5.78 Å². The number of aliphatic carboxylic acids is 1. The standard InChI is InChI=1S/C26H17F3O5S/c1-12-7-14(27)8-13(2)23(12)24(33)26-25(18-4-3-15(30)9-21(18)35-26)34-16-10-19(28)17(20(29)11-16)5-6-22(31)32/h3-11,30H,1-2H3,(H,31,32)/b6-5+. The molecule has 0 bridgehead atoms. The van der Waals surface area contributed by atoms with E-state index in [0.717, 1.165) is 29.5 Å². The number of carboxylic acids is 1. The minimum atomic E-state index is -1.37. The van der Waals surface area contributed by atoms with Crippen molar-refractivity contribution in [1.29, 1.82) is 0 Å². The number of aromatic hydroxyl groups is 1. The Hall–Kier alpha value is -4.11. The second-order valence-electron chi connectivity index (χ2n) is 7.76. The van der Waals surface area contributed by atoms with E-state index in [1.54, 1.807) is 13.8 Å². The van der Waals surface area contributed by atoms with E-state index in [2.05, 4.69) is 0 Å². The third-order valence-corrected chi connectivity index (χ3v) is 6.36. The van der Waals surface area contributed by atoms with Gasteiger partial charge in [0.05, 0.1) is 0 Å². The van der Waals surface area contributed by atoms with Crippen molar-refractivity contribution in [3.63, 3.8) is 0 Å². The van der Waals surface area contributed by atoms with Crippen LogP contribution in [0.25, 0.3) is 16.2 Å². The first kappa shape index (κ1) is 24.0. The fourth-order valence-electron chi connectivity index (χ4n) is 3.75. The number of carbonyl (C=O) groups excluding carboxylic acids is 1. The molecule has 2 N–H and O–H groups in total. The van der Waals surface area contributed by atoms with Gasteiger partial charge in [-0.05, 0) is 61.4 Å². The van der Waals surface area contributed by atoms with Crippen LogP contribution in [-0.4, -0.2) is 22.0 Å². The first-order chi connectivity index (χ1) is 16.5. The topological polar surface area (TPSA) is 83.8 Å². The Morgan fingerprint density at radius 3 is 2.20 bits per heavy atom. The first-order valence-corrected chi connectivity index (χ1v) is 11.0. The Labute approximate surface area is 201 Å². The van der Waals surface area contributed by atoms with Gasteiger partial charge in [-0.3, -0.25) is 4.79 Å². The lowest BCUT2D eigenvalue weighted by Crippen LogP contribution is -2.06. The van der Waals surface area contributed by atoms with Gasteiger partial charge in [0.15, 0.2) is 5.75 Å². The first-order valence-electron chi connectivity index (χ1n) is 10.2. The van der Waals surface area contributed by atoms with E-state index < -0.39 is 34.8 Å². The van der Waals surface area contributed by atoms with Crippen molar-refractivity contribution in [2.75, 3.05) is 0 Å². The Bertz CT molecular complexity index is 1490. The Balaban J connectivity index is 1.85.